The summed E-state index contributed by atoms with van der Waals surface area (Å²) in [7, 11) is 0. The van der Waals surface area contributed by atoms with Crippen LogP contribution in [-0.2, 0) is 6.54 Å². The average Bonchev–Trinajstić information content (AvgIpc) is 2.60. The first-order valence-electron chi connectivity index (χ1n) is 5.23. The highest BCUT2D eigenvalue weighted by Gasteiger charge is 2.09. The second-order valence-corrected chi connectivity index (χ2v) is 5.88. The topological polar surface area (TPSA) is 33.6 Å². The Morgan fingerprint density at radius 3 is 2.53 bits per heavy atom. The van der Waals surface area contributed by atoms with Gasteiger partial charge in [0.2, 0.25) is 0 Å². The monoisotopic (exact) mass is 375 g/mol. The lowest BCUT2D eigenvalue weighted by Gasteiger charge is -2.06. The minimum atomic E-state index is 0.665. The lowest BCUT2D eigenvalue weighted by Crippen LogP contribution is -1.99. The van der Waals surface area contributed by atoms with E-state index in [4.69, 9.17) is 12.2 Å². The highest BCUT2D eigenvalue weighted by Crippen LogP contribution is 2.26. The van der Waals surface area contributed by atoms with Crippen LogP contribution in [0.5, 0.6) is 0 Å². The molecule has 3 nitrogen and oxygen atoms in total. The molecule has 2 rings (SSSR count). The Labute approximate surface area is 122 Å². The summed E-state index contributed by atoms with van der Waals surface area (Å²) in [6.07, 6.45) is 1.02. The van der Waals surface area contributed by atoms with Gasteiger partial charge in [0.25, 0.3) is 0 Å². The van der Waals surface area contributed by atoms with Crippen LogP contribution in [0.15, 0.2) is 27.1 Å². The molecule has 0 bridgehead atoms. The van der Waals surface area contributed by atoms with Crippen LogP contribution >= 0.6 is 44.1 Å². The third-order valence-corrected chi connectivity index (χ3v) is 3.55. The molecule has 0 unspecified atom stereocenters. The zero-order valence-corrected chi connectivity index (χ0v) is 13.2. The van der Waals surface area contributed by atoms with Gasteiger partial charge >= 0.3 is 0 Å². The van der Waals surface area contributed by atoms with Gasteiger partial charge in [-0.1, -0.05) is 38.8 Å². The summed E-state index contributed by atoms with van der Waals surface area (Å²) in [5, 5.41) is 7.14. The van der Waals surface area contributed by atoms with E-state index < -0.39 is 0 Å². The molecule has 0 aliphatic rings. The number of hydrogen-bond donors (Lipinski definition) is 1. The number of halogens is 2. The van der Waals surface area contributed by atoms with E-state index in [0.29, 0.717) is 4.77 Å². The van der Waals surface area contributed by atoms with E-state index in [1.807, 2.05) is 22.8 Å². The van der Waals surface area contributed by atoms with Crippen LogP contribution in [0.25, 0.3) is 11.4 Å². The maximum absolute atomic E-state index is 5.23. The molecule has 1 aromatic heterocycles. The standard InChI is InChI=1S/C11H11Br2N3S/c1-2-3-16-10(14-15-11(16)17)7-4-8(12)6-9(13)5-7/h4-6H,2-3H2,1H3,(H,15,17). The Kier molecular flexibility index (Phi) is 4.17. The van der Waals surface area contributed by atoms with E-state index in [1.54, 1.807) is 0 Å². The number of benzene rings is 1. The molecule has 6 heteroatoms. The summed E-state index contributed by atoms with van der Waals surface area (Å²) >= 11 is 12.2. The molecule has 90 valence electrons. The molecule has 17 heavy (non-hydrogen) atoms. The molecule has 0 radical (unpaired) electrons. The van der Waals surface area contributed by atoms with Gasteiger partial charge in [0.1, 0.15) is 0 Å². The normalized spacial score (nSPS) is 10.8. The fourth-order valence-corrected chi connectivity index (χ4v) is 3.17. The van der Waals surface area contributed by atoms with Gasteiger partial charge in [0.05, 0.1) is 0 Å². The smallest absolute Gasteiger partial charge is 0.195 e. The van der Waals surface area contributed by atoms with Crippen LogP contribution in [0, 0.1) is 4.77 Å². The van der Waals surface area contributed by atoms with Gasteiger partial charge in [-0.25, -0.2) is 0 Å². The van der Waals surface area contributed by atoms with Crippen LogP contribution in [0.2, 0.25) is 0 Å². The molecule has 1 N–H and O–H groups in total. The van der Waals surface area contributed by atoms with Gasteiger partial charge in [0, 0.05) is 21.1 Å². The number of aromatic nitrogens is 3. The van der Waals surface area contributed by atoms with Crippen molar-refractivity contribution < 1.29 is 0 Å². The zero-order chi connectivity index (χ0) is 12.4. The molecule has 0 spiro atoms. The first-order valence-corrected chi connectivity index (χ1v) is 7.23. The van der Waals surface area contributed by atoms with E-state index in [2.05, 4.69) is 49.0 Å². The molecule has 2 aromatic rings. The quantitative estimate of drug-likeness (QED) is 0.797. The molecule has 0 fully saturated rings. The summed E-state index contributed by atoms with van der Waals surface area (Å²) in [5.41, 5.74) is 1.03. The van der Waals surface area contributed by atoms with E-state index in [-0.39, 0.29) is 0 Å². The molecular formula is C11H11Br2N3S. The maximum Gasteiger partial charge on any atom is 0.195 e. The Morgan fingerprint density at radius 2 is 1.94 bits per heavy atom. The van der Waals surface area contributed by atoms with Crippen molar-refractivity contribution in [3.05, 3.63) is 31.9 Å². The highest BCUT2D eigenvalue weighted by atomic mass is 79.9. The van der Waals surface area contributed by atoms with Crippen molar-refractivity contribution in [1.82, 2.24) is 14.8 Å². The van der Waals surface area contributed by atoms with Gasteiger partial charge in [0.15, 0.2) is 10.6 Å². The number of H-pyrrole nitrogens is 1. The summed E-state index contributed by atoms with van der Waals surface area (Å²) in [6.45, 7) is 2.99. The summed E-state index contributed by atoms with van der Waals surface area (Å²) in [6, 6.07) is 6.05. The zero-order valence-electron chi connectivity index (χ0n) is 9.20. The summed E-state index contributed by atoms with van der Waals surface area (Å²) in [4.78, 5) is 0. The fourth-order valence-electron chi connectivity index (χ4n) is 1.65. The third kappa shape index (κ3) is 2.86. The van der Waals surface area contributed by atoms with Gasteiger partial charge in [-0.15, -0.1) is 0 Å². The van der Waals surface area contributed by atoms with Crippen LogP contribution in [0.1, 0.15) is 13.3 Å². The Bertz CT molecular complexity index is 568. The second-order valence-electron chi connectivity index (χ2n) is 3.66. The largest absolute Gasteiger partial charge is 0.300 e. The minimum Gasteiger partial charge on any atom is -0.300 e. The molecule has 1 heterocycles. The van der Waals surface area contributed by atoms with Crippen molar-refractivity contribution in [1.29, 1.82) is 0 Å². The number of hydrogen-bond acceptors (Lipinski definition) is 2. The van der Waals surface area contributed by atoms with Gasteiger partial charge in [-0.05, 0) is 36.8 Å². The second kappa shape index (κ2) is 5.46. The lowest BCUT2D eigenvalue weighted by atomic mass is 10.2. The van der Waals surface area contributed by atoms with E-state index >= 15 is 0 Å². The fraction of sp³-hybridized carbons (Fsp3) is 0.273. The third-order valence-electron chi connectivity index (χ3n) is 2.33. The van der Waals surface area contributed by atoms with Crippen LogP contribution in [0.4, 0.5) is 0 Å². The predicted octanol–water partition coefficient (Wildman–Crippen LogP) is 4.54. The van der Waals surface area contributed by atoms with Crippen molar-refractivity contribution in [2.75, 3.05) is 0 Å². The van der Waals surface area contributed by atoms with E-state index in [9.17, 15) is 0 Å². The van der Waals surface area contributed by atoms with Gasteiger partial charge in [-0.2, -0.15) is 5.10 Å². The molecule has 0 saturated carbocycles. The van der Waals surface area contributed by atoms with Gasteiger partial charge in [-0.3, -0.25) is 5.10 Å². The number of aromatic amines is 1. The average molecular weight is 377 g/mol. The predicted molar refractivity (Wildman–Crippen MR) is 78.5 cm³/mol. The number of nitrogens with zero attached hydrogens (tertiary/aromatic N) is 2. The summed E-state index contributed by atoms with van der Waals surface area (Å²) in [5.74, 6) is 0.874. The first-order chi connectivity index (χ1) is 8.11. The van der Waals surface area contributed by atoms with Crippen molar-refractivity contribution in [2.24, 2.45) is 0 Å². The highest BCUT2D eigenvalue weighted by molar-refractivity contribution is 9.11. The molecular weight excluding hydrogens is 366 g/mol. The first kappa shape index (κ1) is 13.0. The lowest BCUT2D eigenvalue weighted by molar-refractivity contribution is 0.675. The van der Waals surface area contributed by atoms with Crippen molar-refractivity contribution in [2.45, 2.75) is 19.9 Å². The van der Waals surface area contributed by atoms with Crippen LogP contribution in [0.3, 0.4) is 0 Å². The SMILES string of the molecule is CCCn1c(-c2cc(Br)cc(Br)c2)n[nH]c1=S. The van der Waals surface area contributed by atoms with E-state index in [0.717, 1.165) is 33.3 Å². The van der Waals surface area contributed by atoms with Crippen molar-refractivity contribution >= 4 is 44.1 Å². The van der Waals surface area contributed by atoms with Gasteiger partial charge < -0.3 is 4.57 Å². The van der Waals surface area contributed by atoms with Crippen LogP contribution < -0.4 is 0 Å². The molecule has 0 aliphatic heterocycles. The van der Waals surface area contributed by atoms with Crippen LogP contribution in [-0.4, -0.2) is 14.8 Å². The van der Waals surface area contributed by atoms with E-state index in [1.165, 1.54) is 0 Å². The van der Waals surface area contributed by atoms with Crippen molar-refractivity contribution in [3.63, 3.8) is 0 Å². The molecule has 0 amide bonds. The summed E-state index contributed by atoms with van der Waals surface area (Å²) < 4.78 is 4.71. The molecule has 0 saturated heterocycles. The molecule has 1 aromatic carbocycles. The minimum absolute atomic E-state index is 0.665. The number of nitrogens with one attached hydrogen (secondary N) is 1. The molecule has 0 aliphatic carbocycles. The Morgan fingerprint density at radius 1 is 1.29 bits per heavy atom. The maximum atomic E-state index is 5.23. The Hall–Kier alpha value is -0.460. The van der Waals surface area contributed by atoms with Crippen molar-refractivity contribution in [3.8, 4) is 11.4 Å². The Balaban J connectivity index is 2.56. The number of rotatable bonds is 3. The molecule has 0 atom stereocenters.